The summed E-state index contributed by atoms with van der Waals surface area (Å²) >= 11 is 3.30. The molecule has 0 saturated carbocycles. The molecule has 5 nitrogen and oxygen atoms in total. The largest absolute Gasteiger partial charge is 0.507 e. The van der Waals surface area contributed by atoms with Crippen molar-refractivity contribution in [3.63, 3.8) is 0 Å². The molecule has 0 spiro atoms. The lowest BCUT2D eigenvalue weighted by Crippen LogP contribution is -2.24. The van der Waals surface area contributed by atoms with Crippen molar-refractivity contribution in [1.29, 1.82) is 0 Å². The normalized spacial score (nSPS) is 10.8. The fourth-order valence-corrected chi connectivity index (χ4v) is 2.40. The van der Waals surface area contributed by atoms with Crippen molar-refractivity contribution in [3.05, 3.63) is 58.1 Å². The quantitative estimate of drug-likeness (QED) is 0.559. The van der Waals surface area contributed by atoms with E-state index in [1.54, 1.807) is 18.2 Å². The number of nitrogens with zero attached hydrogens (tertiary/aromatic N) is 1. The zero-order chi connectivity index (χ0) is 17.4. The van der Waals surface area contributed by atoms with Crippen molar-refractivity contribution in [2.45, 2.75) is 19.8 Å². The zero-order valence-electron chi connectivity index (χ0n) is 13.3. The summed E-state index contributed by atoms with van der Waals surface area (Å²) in [6.45, 7) is 2.00. The van der Waals surface area contributed by atoms with Crippen LogP contribution >= 0.6 is 15.9 Å². The molecule has 1 amide bonds. The molecule has 0 saturated heterocycles. The summed E-state index contributed by atoms with van der Waals surface area (Å²) in [5.41, 5.74) is 4.10. The number of hydrogen-bond donors (Lipinski definition) is 2. The van der Waals surface area contributed by atoms with E-state index < -0.39 is 0 Å². The summed E-state index contributed by atoms with van der Waals surface area (Å²) in [7, 11) is 0. The standard InChI is InChI=1S/C18H19BrN2O3/c1-2-3-13-4-7-16(8-5-13)24-12-18(23)21-20-11-14-10-15(19)6-9-17(14)22/h4-11,22H,2-3,12H2,1H3,(H,21,23)/b20-11+. The van der Waals surface area contributed by atoms with Crippen molar-refractivity contribution in [1.82, 2.24) is 5.43 Å². The third kappa shape index (κ3) is 5.70. The second kappa shape index (κ2) is 9.08. The predicted molar refractivity (Wildman–Crippen MR) is 97.5 cm³/mol. The monoisotopic (exact) mass is 390 g/mol. The first-order valence-electron chi connectivity index (χ1n) is 7.60. The first-order chi connectivity index (χ1) is 11.6. The molecule has 0 fully saturated rings. The van der Waals surface area contributed by atoms with E-state index in [1.165, 1.54) is 11.8 Å². The van der Waals surface area contributed by atoms with Gasteiger partial charge in [-0.05, 0) is 42.3 Å². The summed E-state index contributed by atoms with van der Waals surface area (Å²) in [5.74, 6) is 0.344. The van der Waals surface area contributed by atoms with Gasteiger partial charge in [-0.15, -0.1) is 0 Å². The number of ether oxygens (including phenoxy) is 1. The van der Waals surface area contributed by atoms with Crippen molar-refractivity contribution in [3.8, 4) is 11.5 Å². The number of hydrazone groups is 1. The Labute approximate surface area is 149 Å². The van der Waals surface area contributed by atoms with Gasteiger partial charge in [0, 0.05) is 10.0 Å². The number of rotatable bonds is 7. The number of benzene rings is 2. The number of aromatic hydroxyl groups is 1. The first-order valence-corrected chi connectivity index (χ1v) is 8.40. The van der Waals surface area contributed by atoms with Gasteiger partial charge in [0.05, 0.1) is 6.21 Å². The fourth-order valence-electron chi connectivity index (χ4n) is 2.02. The number of nitrogens with one attached hydrogen (secondary N) is 1. The van der Waals surface area contributed by atoms with E-state index in [0.717, 1.165) is 17.3 Å². The van der Waals surface area contributed by atoms with Gasteiger partial charge in [0.2, 0.25) is 0 Å². The van der Waals surface area contributed by atoms with Crippen molar-refractivity contribution >= 4 is 28.1 Å². The van der Waals surface area contributed by atoms with E-state index in [1.807, 2.05) is 24.3 Å². The first kappa shape index (κ1) is 18.0. The highest BCUT2D eigenvalue weighted by Gasteiger charge is 2.03. The number of hydrogen-bond acceptors (Lipinski definition) is 4. The number of aryl methyl sites for hydroxylation is 1. The number of carbonyl (C=O) groups is 1. The van der Waals surface area contributed by atoms with Crippen LogP contribution in [0.1, 0.15) is 24.5 Å². The Hall–Kier alpha value is -2.34. The molecule has 0 heterocycles. The van der Waals surface area contributed by atoms with Gasteiger partial charge >= 0.3 is 0 Å². The smallest absolute Gasteiger partial charge is 0.277 e. The minimum absolute atomic E-state index is 0.0830. The number of amides is 1. The Morgan fingerprint density at radius 1 is 1.29 bits per heavy atom. The average Bonchev–Trinajstić information content (AvgIpc) is 2.58. The SMILES string of the molecule is CCCc1ccc(OCC(=O)N/N=C/c2cc(Br)ccc2O)cc1. The van der Waals surface area contributed by atoms with E-state index in [4.69, 9.17) is 4.74 Å². The maximum absolute atomic E-state index is 11.7. The maximum Gasteiger partial charge on any atom is 0.277 e. The molecule has 0 aliphatic carbocycles. The molecule has 126 valence electrons. The van der Waals surface area contributed by atoms with Crippen LogP contribution in [0.5, 0.6) is 11.5 Å². The van der Waals surface area contributed by atoms with Crippen LogP contribution in [0.15, 0.2) is 52.0 Å². The van der Waals surface area contributed by atoms with Gasteiger partial charge in [0.15, 0.2) is 6.61 Å². The maximum atomic E-state index is 11.7. The summed E-state index contributed by atoms with van der Waals surface area (Å²) in [5, 5.41) is 13.5. The highest BCUT2D eigenvalue weighted by molar-refractivity contribution is 9.10. The summed E-state index contributed by atoms with van der Waals surface area (Å²) in [6.07, 6.45) is 3.49. The van der Waals surface area contributed by atoms with Gasteiger partial charge in [-0.2, -0.15) is 5.10 Å². The van der Waals surface area contributed by atoms with Gasteiger partial charge in [-0.3, -0.25) is 4.79 Å². The van der Waals surface area contributed by atoms with Crippen LogP contribution in [0, 0.1) is 0 Å². The van der Waals surface area contributed by atoms with Crippen LogP contribution in [0.3, 0.4) is 0 Å². The lowest BCUT2D eigenvalue weighted by atomic mass is 10.1. The Morgan fingerprint density at radius 3 is 2.75 bits per heavy atom. The van der Waals surface area contributed by atoms with Crippen LogP contribution in [0.2, 0.25) is 0 Å². The van der Waals surface area contributed by atoms with Gasteiger partial charge in [-0.25, -0.2) is 5.43 Å². The summed E-state index contributed by atoms with van der Waals surface area (Å²) in [4.78, 5) is 11.7. The number of phenolic OH excluding ortho intramolecular Hbond substituents is 1. The van der Waals surface area contributed by atoms with E-state index >= 15 is 0 Å². The van der Waals surface area contributed by atoms with Crippen molar-refractivity contribution < 1.29 is 14.6 Å². The molecule has 24 heavy (non-hydrogen) atoms. The van der Waals surface area contributed by atoms with Crippen LogP contribution < -0.4 is 10.2 Å². The summed E-state index contributed by atoms with van der Waals surface area (Å²) < 4.78 is 6.21. The molecule has 0 aliphatic heterocycles. The van der Waals surface area contributed by atoms with Crippen LogP contribution in [0.25, 0.3) is 0 Å². The number of phenols is 1. The van der Waals surface area contributed by atoms with Crippen molar-refractivity contribution in [2.24, 2.45) is 5.10 Å². The van der Waals surface area contributed by atoms with E-state index in [9.17, 15) is 9.90 Å². The topological polar surface area (TPSA) is 70.9 Å². The molecule has 2 aromatic rings. The van der Waals surface area contributed by atoms with Crippen LogP contribution in [-0.4, -0.2) is 23.8 Å². The molecule has 2 rings (SSSR count). The molecule has 2 N–H and O–H groups in total. The lowest BCUT2D eigenvalue weighted by molar-refractivity contribution is -0.123. The molecule has 0 unspecified atom stereocenters. The van der Waals surface area contributed by atoms with Gasteiger partial charge in [0.25, 0.3) is 5.91 Å². The predicted octanol–water partition coefficient (Wildman–Crippen LogP) is 3.64. The average molecular weight is 391 g/mol. The third-order valence-electron chi connectivity index (χ3n) is 3.21. The van der Waals surface area contributed by atoms with E-state index in [0.29, 0.717) is 11.3 Å². The molecule has 0 atom stereocenters. The fraction of sp³-hybridized carbons (Fsp3) is 0.222. The molecule has 2 aromatic carbocycles. The van der Waals surface area contributed by atoms with Crippen molar-refractivity contribution in [2.75, 3.05) is 6.61 Å². The van der Waals surface area contributed by atoms with E-state index in [-0.39, 0.29) is 18.3 Å². The molecule has 0 radical (unpaired) electrons. The minimum Gasteiger partial charge on any atom is -0.507 e. The Kier molecular flexibility index (Phi) is 6.81. The van der Waals surface area contributed by atoms with Crippen LogP contribution in [-0.2, 0) is 11.2 Å². The Morgan fingerprint density at radius 2 is 2.04 bits per heavy atom. The molecular formula is C18H19BrN2O3. The highest BCUT2D eigenvalue weighted by Crippen LogP contribution is 2.19. The molecule has 6 heteroatoms. The Bertz CT molecular complexity index is 715. The molecule has 0 bridgehead atoms. The Balaban J connectivity index is 1.80. The lowest BCUT2D eigenvalue weighted by Gasteiger charge is -2.06. The molecule has 0 aromatic heterocycles. The van der Waals surface area contributed by atoms with Gasteiger partial charge in [0.1, 0.15) is 11.5 Å². The number of carbonyl (C=O) groups excluding carboxylic acids is 1. The zero-order valence-corrected chi connectivity index (χ0v) is 14.9. The van der Waals surface area contributed by atoms with Gasteiger partial charge < -0.3 is 9.84 Å². The van der Waals surface area contributed by atoms with Crippen LogP contribution in [0.4, 0.5) is 0 Å². The highest BCUT2D eigenvalue weighted by atomic mass is 79.9. The third-order valence-corrected chi connectivity index (χ3v) is 3.71. The molecule has 0 aliphatic rings. The number of halogens is 1. The second-order valence-corrected chi connectivity index (χ2v) is 6.09. The van der Waals surface area contributed by atoms with E-state index in [2.05, 4.69) is 33.4 Å². The minimum atomic E-state index is -0.377. The summed E-state index contributed by atoms with van der Waals surface area (Å²) in [6, 6.07) is 12.6. The van der Waals surface area contributed by atoms with Gasteiger partial charge in [-0.1, -0.05) is 41.4 Å². The second-order valence-electron chi connectivity index (χ2n) is 5.18. The molecular weight excluding hydrogens is 372 g/mol.